The lowest BCUT2D eigenvalue weighted by atomic mass is 10.0. The Morgan fingerprint density at radius 1 is 1.16 bits per heavy atom. The number of hydrogen-bond acceptors (Lipinski definition) is 4. The molecule has 0 saturated heterocycles. The molecule has 1 aromatic heterocycles. The number of nitrogens with zero attached hydrogens (tertiary/aromatic N) is 1. The number of aryl methyl sites for hydroxylation is 1. The molecule has 0 unspecified atom stereocenters. The minimum atomic E-state index is -0.263. The Hall–Kier alpha value is -2.66. The van der Waals surface area contributed by atoms with Crippen LogP contribution in [0, 0.1) is 12.7 Å². The Morgan fingerprint density at radius 3 is 2.76 bits per heavy atom. The van der Waals surface area contributed by atoms with Gasteiger partial charge in [-0.2, -0.15) is 0 Å². The average Bonchev–Trinajstić information content (AvgIpc) is 2.99. The van der Waals surface area contributed by atoms with Crippen LogP contribution in [0.5, 0.6) is 0 Å². The van der Waals surface area contributed by atoms with E-state index in [1.807, 2.05) is 17.9 Å². The second-order valence-electron chi connectivity index (χ2n) is 6.49. The first-order valence-electron chi connectivity index (χ1n) is 8.25. The largest absolute Gasteiger partial charge is 0.440 e. The van der Waals surface area contributed by atoms with Crippen LogP contribution in [0.1, 0.15) is 22.3 Å². The summed E-state index contributed by atoms with van der Waals surface area (Å²) in [6.45, 7) is 2.98. The fourth-order valence-electron chi connectivity index (χ4n) is 3.46. The summed E-state index contributed by atoms with van der Waals surface area (Å²) in [7, 11) is 0. The smallest absolute Gasteiger partial charge is 0.200 e. The molecule has 0 spiro atoms. The van der Waals surface area contributed by atoms with Gasteiger partial charge in [-0.05, 0) is 53.8 Å². The summed E-state index contributed by atoms with van der Waals surface area (Å²) in [5, 5.41) is 9.82. The molecule has 4 rings (SSSR count). The standard InChI is InChI=1S/C20H18FNO3/c1-12-6-13(4-5-23)20-17(7-12)18(24)9-19(25-20)22-10-14-2-3-16(21)8-15(14)11-22/h2-3,6-9,23H,4-5,10-11H2,1H3. The predicted molar refractivity (Wildman–Crippen MR) is 94.3 cm³/mol. The van der Waals surface area contributed by atoms with Crippen molar-refractivity contribution >= 4 is 16.9 Å². The van der Waals surface area contributed by atoms with Gasteiger partial charge in [0.25, 0.3) is 0 Å². The molecule has 1 aliphatic heterocycles. The highest BCUT2D eigenvalue weighted by Crippen LogP contribution is 2.31. The zero-order valence-corrected chi connectivity index (χ0v) is 13.9. The van der Waals surface area contributed by atoms with Crippen LogP contribution in [-0.2, 0) is 19.5 Å². The molecule has 2 aromatic carbocycles. The second kappa shape index (κ2) is 6.01. The minimum Gasteiger partial charge on any atom is -0.440 e. The molecule has 1 N–H and O–H groups in total. The number of halogens is 1. The first-order chi connectivity index (χ1) is 12.0. The number of hydrogen-bond donors (Lipinski definition) is 1. The highest BCUT2D eigenvalue weighted by atomic mass is 19.1. The van der Waals surface area contributed by atoms with Crippen molar-refractivity contribution in [2.75, 3.05) is 11.5 Å². The van der Waals surface area contributed by atoms with Crippen molar-refractivity contribution < 1.29 is 13.9 Å². The molecule has 0 saturated carbocycles. The van der Waals surface area contributed by atoms with Crippen LogP contribution in [0.3, 0.4) is 0 Å². The third-order valence-electron chi connectivity index (χ3n) is 4.62. The Balaban J connectivity index is 1.80. The summed E-state index contributed by atoms with van der Waals surface area (Å²) in [6.07, 6.45) is 0.427. The molecule has 128 valence electrons. The van der Waals surface area contributed by atoms with Crippen LogP contribution >= 0.6 is 0 Å². The van der Waals surface area contributed by atoms with Crippen molar-refractivity contribution in [3.8, 4) is 0 Å². The van der Waals surface area contributed by atoms with Crippen molar-refractivity contribution in [3.05, 3.63) is 74.7 Å². The van der Waals surface area contributed by atoms with E-state index < -0.39 is 0 Å². The van der Waals surface area contributed by atoms with Crippen LogP contribution in [-0.4, -0.2) is 11.7 Å². The summed E-state index contributed by atoms with van der Waals surface area (Å²) in [6, 6.07) is 9.96. The van der Waals surface area contributed by atoms with E-state index in [1.165, 1.54) is 18.2 Å². The van der Waals surface area contributed by atoms with Gasteiger partial charge in [0.05, 0.1) is 5.39 Å². The highest BCUT2D eigenvalue weighted by Gasteiger charge is 2.22. The molecule has 5 heteroatoms. The van der Waals surface area contributed by atoms with Crippen molar-refractivity contribution in [2.45, 2.75) is 26.4 Å². The first-order valence-corrected chi connectivity index (χ1v) is 8.25. The molecular formula is C20H18FNO3. The maximum Gasteiger partial charge on any atom is 0.200 e. The summed E-state index contributed by atoms with van der Waals surface area (Å²) in [5.41, 5.74) is 4.12. The van der Waals surface area contributed by atoms with E-state index in [1.54, 1.807) is 12.1 Å². The van der Waals surface area contributed by atoms with E-state index >= 15 is 0 Å². The van der Waals surface area contributed by atoms with Crippen LogP contribution in [0.2, 0.25) is 0 Å². The van der Waals surface area contributed by atoms with Crippen molar-refractivity contribution in [1.82, 2.24) is 0 Å². The van der Waals surface area contributed by atoms with E-state index in [9.17, 15) is 14.3 Å². The van der Waals surface area contributed by atoms with Gasteiger partial charge in [-0.25, -0.2) is 4.39 Å². The van der Waals surface area contributed by atoms with Gasteiger partial charge in [0.2, 0.25) is 5.88 Å². The Kier molecular flexibility index (Phi) is 3.81. The summed E-state index contributed by atoms with van der Waals surface area (Å²) < 4.78 is 19.5. The summed E-state index contributed by atoms with van der Waals surface area (Å²) >= 11 is 0. The summed E-state index contributed by atoms with van der Waals surface area (Å²) in [4.78, 5) is 14.5. The molecule has 0 atom stereocenters. The molecule has 0 bridgehead atoms. The van der Waals surface area contributed by atoms with Crippen molar-refractivity contribution in [2.24, 2.45) is 0 Å². The quantitative estimate of drug-likeness (QED) is 0.795. The highest BCUT2D eigenvalue weighted by molar-refractivity contribution is 5.82. The van der Waals surface area contributed by atoms with Crippen LogP contribution in [0.25, 0.3) is 11.0 Å². The molecule has 0 radical (unpaired) electrons. The fraction of sp³-hybridized carbons (Fsp3) is 0.250. The third-order valence-corrected chi connectivity index (χ3v) is 4.62. The van der Waals surface area contributed by atoms with E-state index in [-0.39, 0.29) is 17.9 Å². The van der Waals surface area contributed by atoms with Gasteiger partial charge in [0.1, 0.15) is 11.4 Å². The van der Waals surface area contributed by atoms with E-state index in [0.717, 1.165) is 22.3 Å². The van der Waals surface area contributed by atoms with Gasteiger partial charge in [-0.15, -0.1) is 0 Å². The monoisotopic (exact) mass is 339 g/mol. The molecule has 0 fully saturated rings. The second-order valence-corrected chi connectivity index (χ2v) is 6.49. The van der Waals surface area contributed by atoms with Gasteiger partial charge in [0.15, 0.2) is 5.43 Å². The van der Waals surface area contributed by atoms with Gasteiger partial charge in [-0.3, -0.25) is 4.79 Å². The lowest BCUT2D eigenvalue weighted by Gasteiger charge is -2.17. The number of rotatable bonds is 3. The van der Waals surface area contributed by atoms with E-state index in [4.69, 9.17) is 4.42 Å². The zero-order valence-electron chi connectivity index (χ0n) is 13.9. The van der Waals surface area contributed by atoms with Gasteiger partial charge in [-0.1, -0.05) is 12.1 Å². The molecule has 1 aliphatic rings. The van der Waals surface area contributed by atoms with E-state index in [2.05, 4.69) is 0 Å². The van der Waals surface area contributed by atoms with Crippen LogP contribution < -0.4 is 10.3 Å². The fourth-order valence-corrected chi connectivity index (χ4v) is 3.46. The van der Waals surface area contributed by atoms with Crippen LogP contribution in [0.4, 0.5) is 10.3 Å². The topological polar surface area (TPSA) is 53.7 Å². The Labute approximate surface area is 144 Å². The molecule has 2 heterocycles. The maximum atomic E-state index is 13.4. The molecule has 3 aromatic rings. The number of benzene rings is 2. The van der Waals surface area contributed by atoms with Crippen LogP contribution in [0.15, 0.2) is 45.6 Å². The Bertz CT molecular complexity index is 1030. The van der Waals surface area contributed by atoms with Gasteiger partial charge < -0.3 is 14.4 Å². The van der Waals surface area contributed by atoms with Gasteiger partial charge >= 0.3 is 0 Å². The first kappa shape index (κ1) is 15.8. The number of anilines is 1. The third kappa shape index (κ3) is 2.81. The van der Waals surface area contributed by atoms with Crippen molar-refractivity contribution in [1.29, 1.82) is 0 Å². The minimum absolute atomic E-state index is 0.0130. The zero-order chi connectivity index (χ0) is 17.6. The predicted octanol–water partition coefficient (Wildman–Crippen LogP) is 3.30. The lowest BCUT2D eigenvalue weighted by molar-refractivity contribution is 0.299. The van der Waals surface area contributed by atoms with E-state index in [0.29, 0.717) is 36.4 Å². The summed E-state index contributed by atoms with van der Waals surface area (Å²) in [5.74, 6) is 0.207. The van der Waals surface area contributed by atoms with Crippen molar-refractivity contribution in [3.63, 3.8) is 0 Å². The SMILES string of the molecule is Cc1cc(CCO)c2oc(N3Cc4ccc(F)cc4C3)cc(=O)c2c1. The molecule has 0 amide bonds. The molecule has 0 aliphatic carbocycles. The molecule has 25 heavy (non-hydrogen) atoms. The average molecular weight is 339 g/mol. The molecular weight excluding hydrogens is 321 g/mol. The maximum absolute atomic E-state index is 13.4. The number of fused-ring (bicyclic) bond motifs is 2. The lowest BCUT2D eigenvalue weighted by Crippen LogP contribution is -2.17. The Morgan fingerprint density at radius 2 is 1.96 bits per heavy atom. The normalized spacial score (nSPS) is 13.5. The van der Waals surface area contributed by atoms with Gasteiger partial charge in [0, 0.05) is 25.8 Å². The number of aliphatic hydroxyl groups is 1. The number of aliphatic hydroxyl groups excluding tert-OH is 1. The molecule has 4 nitrogen and oxygen atoms in total.